The second-order valence-electron chi connectivity index (χ2n) is 5.02. The fourth-order valence-electron chi connectivity index (χ4n) is 1.08. The Morgan fingerprint density at radius 2 is 1.79 bits per heavy atom. The topological polar surface area (TPSA) is 29.5 Å². The molecule has 0 aliphatic carbocycles. The van der Waals surface area contributed by atoms with E-state index in [9.17, 15) is 5.11 Å². The lowest BCUT2D eigenvalue weighted by atomic mass is 9.90. The zero-order chi connectivity index (χ0) is 11.0. The SMILES string of the molecule is CCCCCCOCC(O)C(C)(C)C. The molecule has 0 rings (SSSR count). The van der Waals surface area contributed by atoms with E-state index in [1.54, 1.807) is 0 Å². The minimum atomic E-state index is -0.353. The maximum absolute atomic E-state index is 9.66. The second kappa shape index (κ2) is 7.24. The van der Waals surface area contributed by atoms with Crippen LogP contribution in [0.15, 0.2) is 0 Å². The fourth-order valence-corrected chi connectivity index (χ4v) is 1.08. The summed E-state index contributed by atoms with van der Waals surface area (Å²) in [7, 11) is 0. The zero-order valence-corrected chi connectivity index (χ0v) is 10.2. The summed E-state index contributed by atoms with van der Waals surface area (Å²) in [6.07, 6.45) is 4.54. The zero-order valence-electron chi connectivity index (χ0n) is 10.2. The summed E-state index contributed by atoms with van der Waals surface area (Å²) in [4.78, 5) is 0. The third-order valence-corrected chi connectivity index (χ3v) is 2.42. The molecule has 0 spiro atoms. The van der Waals surface area contributed by atoms with Crippen molar-refractivity contribution in [2.45, 2.75) is 59.5 Å². The van der Waals surface area contributed by atoms with E-state index < -0.39 is 0 Å². The van der Waals surface area contributed by atoms with Crippen LogP contribution in [0.4, 0.5) is 0 Å². The Kier molecular flexibility index (Phi) is 7.20. The highest BCUT2D eigenvalue weighted by atomic mass is 16.5. The maximum atomic E-state index is 9.66. The first-order chi connectivity index (χ1) is 6.48. The van der Waals surface area contributed by atoms with Gasteiger partial charge in [0.1, 0.15) is 0 Å². The molecule has 0 aliphatic heterocycles. The highest BCUT2D eigenvalue weighted by molar-refractivity contribution is 4.71. The summed E-state index contributed by atoms with van der Waals surface area (Å²) in [6, 6.07) is 0. The van der Waals surface area contributed by atoms with Crippen molar-refractivity contribution in [2.24, 2.45) is 5.41 Å². The number of unbranched alkanes of at least 4 members (excludes halogenated alkanes) is 3. The van der Waals surface area contributed by atoms with Gasteiger partial charge in [0.15, 0.2) is 0 Å². The number of ether oxygens (including phenoxy) is 1. The summed E-state index contributed by atoms with van der Waals surface area (Å²) >= 11 is 0. The van der Waals surface area contributed by atoms with Gasteiger partial charge >= 0.3 is 0 Å². The molecule has 0 aliphatic rings. The Bertz CT molecular complexity index is 127. The predicted molar refractivity (Wildman–Crippen MR) is 60.4 cm³/mol. The largest absolute Gasteiger partial charge is 0.390 e. The van der Waals surface area contributed by atoms with Crippen LogP contribution in [0.1, 0.15) is 53.4 Å². The third-order valence-electron chi connectivity index (χ3n) is 2.42. The molecule has 0 bridgehead atoms. The minimum absolute atomic E-state index is 0.0661. The highest BCUT2D eigenvalue weighted by Gasteiger charge is 2.21. The Balaban J connectivity index is 3.28. The van der Waals surface area contributed by atoms with E-state index in [0.717, 1.165) is 13.0 Å². The van der Waals surface area contributed by atoms with Crippen molar-refractivity contribution >= 4 is 0 Å². The number of aliphatic hydroxyl groups excluding tert-OH is 1. The summed E-state index contributed by atoms with van der Waals surface area (Å²) < 4.78 is 5.42. The molecule has 0 amide bonds. The van der Waals surface area contributed by atoms with E-state index in [1.165, 1.54) is 19.3 Å². The van der Waals surface area contributed by atoms with Crippen molar-refractivity contribution in [1.29, 1.82) is 0 Å². The van der Waals surface area contributed by atoms with Crippen LogP contribution < -0.4 is 0 Å². The molecule has 2 heteroatoms. The molecular formula is C12H26O2. The van der Waals surface area contributed by atoms with E-state index in [0.29, 0.717) is 6.61 Å². The van der Waals surface area contributed by atoms with Crippen LogP contribution in [0.2, 0.25) is 0 Å². The van der Waals surface area contributed by atoms with E-state index in [4.69, 9.17) is 4.74 Å². The number of hydrogen-bond acceptors (Lipinski definition) is 2. The number of aliphatic hydroxyl groups is 1. The molecular weight excluding hydrogens is 176 g/mol. The average molecular weight is 202 g/mol. The van der Waals surface area contributed by atoms with Crippen LogP contribution in [0.3, 0.4) is 0 Å². The van der Waals surface area contributed by atoms with Crippen molar-refractivity contribution in [3.63, 3.8) is 0 Å². The molecule has 1 N–H and O–H groups in total. The van der Waals surface area contributed by atoms with Gasteiger partial charge in [-0.15, -0.1) is 0 Å². The van der Waals surface area contributed by atoms with Crippen LogP contribution in [-0.2, 0) is 4.74 Å². The lowest BCUT2D eigenvalue weighted by Crippen LogP contribution is -2.30. The molecule has 0 fully saturated rings. The Labute approximate surface area is 88.7 Å². The van der Waals surface area contributed by atoms with Gasteiger partial charge in [0.2, 0.25) is 0 Å². The van der Waals surface area contributed by atoms with Gasteiger partial charge in [0.05, 0.1) is 12.7 Å². The van der Waals surface area contributed by atoms with Gasteiger partial charge in [-0.25, -0.2) is 0 Å². The standard InChI is InChI=1S/C12H26O2/c1-5-6-7-8-9-14-10-11(13)12(2,3)4/h11,13H,5-10H2,1-4H3. The predicted octanol–water partition coefficient (Wildman–Crippen LogP) is 2.99. The maximum Gasteiger partial charge on any atom is 0.0821 e. The first kappa shape index (κ1) is 13.9. The smallest absolute Gasteiger partial charge is 0.0821 e. The first-order valence-electron chi connectivity index (χ1n) is 5.74. The Morgan fingerprint density at radius 1 is 1.14 bits per heavy atom. The molecule has 86 valence electrons. The van der Waals surface area contributed by atoms with Crippen LogP contribution in [0.25, 0.3) is 0 Å². The fraction of sp³-hybridized carbons (Fsp3) is 1.00. The molecule has 2 nitrogen and oxygen atoms in total. The van der Waals surface area contributed by atoms with E-state index in [-0.39, 0.29) is 11.5 Å². The van der Waals surface area contributed by atoms with Gasteiger partial charge in [0, 0.05) is 6.61 Å². The van der Waals surface area contributed by atoms with Crippen LogP contribution in [0, 0.1) is 5.41 Å². The van der Waals surface area contributed by atoms with E-state index in [2.05, 4.69) is 6.92 Å². The normalized spacial score (nSPS) is 14.4. The van der Waals surface area contributed by atoms with Gasteiger partial charge < -0.3 is 9.84 Å². The van der Waals surface area contributed by atoms with Gasteiger partial charge in [-0.2, -0.15) is 0 Å². The van der Waals surface area contributed by atoms with Gasteiger partial charge in [-0.3, -0.25) is 0 Å². The average Bonchev–Trinajstić information content (AvgIpc) is 2.09. The highest BCUT2D eigenvalue weighted by Crippen LogP contribution is 2.19. The lowest BCUT2D eigenvalue weighted by molar-refractivity contribution is -0.0211. The van der Waals surface area contributed by atoms with Crippen molar-refractivity contribution in [3.8, 4) is 0 Å². The molecule has 0 heterocycles. The Hall–Kier alpha value is -0.0800. The van der Waals surface area contributed by atoms with Gasteiger partial charge in [-0.05, 0) is 11.8 Å². The molecule has 0 aromatic carbocycles. The molecule has 1 unspecified atom stereocenters. The van der Waals surface area contributed by atoms with Gasteiger partial charge in [0.25, 0.3) is 0 Å². The van der Waals surface area contributed by atoms with Crippen LogP contribution in [-0.4, -0.2) is 24.4 Å². The quantitative estimate of drug-likeness (QED) is 0.643. The molecule has 1 atom stereocenters. The van der Waals surface area contributed by atoms with E-state index in [1.807, 2.05) is 20.8 Å². The number of hydrogen-bond donors (Lipinski definition) is 1. The van der Waals surface area contributed by atoms with Crippen molar-refractivity contribution in [2.75, 3.05) is 13.2 Å². The monoisotopic (exact) mass is 202 g/mol. The first-order valence-corrected chi connectivity index (χ1v) is 5.74. The summed E-state index contributed by atoms with van der Waals surface area (Å²) in [6.45, 7) is 9.53. The minimum Gasteiger partial charge on any atom is -0.390 e. The Morgan fingerprint density at radius 3 is 2.29 bits per heavy atom. The molecule has 14 heavy (non-hydrogen) atoms. The van der Waals surface area contributed by atoms with Crippen molar-refractivity contribution < 1.29 is 9.84 Å². The molecule has 0 aromatic rings. The molecule has 0 aromatic heterocycles. The second-order valence-corrected chi connectivity index (χ2v) is 5.02. The van der Waals surface area contributed by atoms with E-state index >= 15 is 0 Å². The summed E-state index contributed by atoms with van der Waals surface area (Å²) in [5, 5.41) is 9.66. The van der Waals surface area contributed by atoms with Crippen LogP contribution >= 0.6 is 0 Å². The molecule has 0 saturated carbocycles. The van der Waals surface area contributed by atoms with Crippen LogP contribution in [0.5, 0.6) is 0 Å². The lowest BCUT2D eigenvalue weighted by Gasteiger charge is -2.25. The number of rotatable bonds is 7. The summed E-state index contributed by atoms with van der Waals surface area (Å²) in [5.41, 5.74) is -0.0661. The summed E-state index contributed by atoms with van der Waals surface area (Å²) in [5.74, 6) is 0. The van der Waals surface area contributed by atoms with Crippen molar-refractivity contribution in [3.05, 3.63) is 0 Å². The van der Waals surface area contributed by atoms with Gasteiger partial charge in [-0.1, -0.05) is 47.0 Å². The molecule has 0 radical (unpaired) electrons. The molecule has 0 saturated heterocycles. The van der Waals surface area contributed by atoms with Crippen molar-refractivity contribution in [1.82, 2.24) is 0 Å². The third kappa shape index (κ3) is 7.34.